The molecular weight excluding hydrogens is 268 g/mol. The van der Waals surface area contributed by atoms with Crippen molar-refractivity contribution < 1.29 is 14.3 Å². The lowest BCUT2D eigenvalue weighted by molar-refractivity contribution is -0.122. The summed E-state index contributed by atoms with van der Waals surface area (Å²) in [5.41, 5.74) is 1.90. The second kappa shape index (κ2) is 7.11. The molecule has 0 aliphatic heterocycles. The van der Waals surface area contributed by atoms with Crippen molar-refractivity contribution in [3.63, 3.8) is 0 Å². The van der Waals surface area contributed by atoms with E-state index in [-0.39, 0.29) is 17.8 Å². The highest BCUT2D eigenvalue weighted by molar-refractivity contribution is 5.99. The average Bonchev–Trinajstić information content (AvgIpc) is 2.39. The molecule has 1 aromatic rings. The van der Waals surface area contributed by atoms with Crippen LogP contribution >= 0.6 is 0 Å². The number of benzene rings is 1. The molecular formula is C16H22N2O3. The molecule has 0 bridgehead atoms. The fraction of sp³-hybridized carbons (Fsp3) is 0.500. The third-order valence-corrected chi connectivity index (χ3v) is 3.63. The molecule has 1 amide bonds. The van der Waals surface area contributed by atoms with Gasteiger partial charge in [0.25, 0.3) is 0 Å². The molecule has 0 radical (unpaired) electrons. The van der Waals surface area contributed by atoms with Crippen molar-refractivity contribution in [3.8, 4) is 0 Å². The summed E-state index contributed by atoms with van der Waals surface area (Å²) in [5.74, 6) is -0.244. The second-order valence-electron chi connectivity index (χ2n) is 5.13. The van der Waals surface area contributed by atoms with Gasteiger partial charge in [-0.1, -0.05) is 6.42 Å². The molecule has 0 saturated heterocycles. The Balaban J connectivity index is 2.19. The van der Waals surface area contributed by atoms with Crippen LogP contribution < -0.4 is 10.6 Å². The summed E-state index contributed by atoms with van der Waals surface area (Å²) in [7, 11) is 0. The van der Waals surface area contributed by atoms with E-state index in [9.17, 15) is 9.59 Å². The van der Waals surface area contributed by atoms with Gasteiger partial charge < -0.3 is 15.4 Å². The minimum atomic E-state index is -0.375. The molecule has 1 aliphatic rings. The molecule has 1 aliphatic carbocycles. The minimum Gasteiger partial charge on any atom is -0.462 e. The standard InChI is InChI=1S/C16H22N2O3/c1-3-17-13-9-8-12(16(20)21-4-2)10-14(13)18-15(19)11-6-5-7-11/h8-11,17H,3-7H2,1-2H3,(H,18,19). The van der Waals surface area contributed by atoms with E-state index in [1.54, 1.807) is 25.1 Å². The zero-order valence-corrected chi connectivity index (χ0v) is 12.6. The summed E-state index contributed by atoms with van der Waals surface area (Å²) in [6.45, 7) is 4.82. The Morgan fingerprint density at radius 3 is 2.57 bits per heavy atom. The lowest BCUT2D eigenvalue weighted by Crippen LogP contribution is -2.28. The molecule has 0 heterocycles. The SMILES string of the molecule is CCNc1ccc(C(=O)OCC)cc1NC(=O)C1CCC1. The number of hydrogen-bond donors (Lipinski definition) is 2. The van der Waals surface area contributed by atoms with Gasteiger partial charge in [-0.15, -0.1) is 0 Å². The van der Waals surface area contributed by atoms with E-state index >= 15 is 0 Å². The Bertz CT molecular complexity index is 524. The van der Waals surface area contributed by atoms with Gasteiger partial charge in [0.15, 0.2) is 0 Å². The van der Waals surface area contributed by atoms with Gasteiger partial charge in [0.1, 0.15) is 0 Å². The zero-order chi connectivity index (χ0) is 15.2. The van der Waals surface area contributed by atoms with Gasteiger partial charge >= 0.3 is 5.97 Å². The van der Waals surface area contributed by atoms with Gasteiger partial charge in [-0.3, -0.25) is 4.79 Å². The van der Waals surface area contributed by atoms with E-state index in [4.69, 9.17) is 4.74 Å². The molecule has 0 unspecified atom stereocenters. The third kappa shape index (κ3) is 3.74. The van der Waals surface area contributed by atoms with Crippen LogP contribution in [0.5, 0.6) is 0 Å². The molecule has 2 N–H and O–H groups in total. The molecule has 114 valence electrons. The molecule has 2 rings (SSSR count). The quantitative estimate of drug-likeness (QED) is 0.790. The molecule has 21 heavy (non-hydrogen) atoms. The van der Waals surface area contributed by atoms with E-state index in [1.165, 1.54) is 0 Å². The molecule has 0 spiro atoms. The van der Waals surface area contributed by atoms with E-state index in [1.807, 2.05) is 6.92 Å². The first-order valence-electron chi connectivity index (χ1n) is 7.51. The maximum atomic E-state index is 12.1. The van der Waals surface area contributed by atoms with Crippen LogP contribution in [0.1, 0.15) is 43.5 Å². The maximum absolute atomic E-state index is 12.1. The fourth-order valence-corrected chi connectivity index (χ4v) is 2.24. The molecule has 1 saturated carbocycles. The number of ether oxygens (including phenoxy) is 1. The first-order valence-corrected chi connectivity index (χ1v) is 7.51. The highest BCUT2D eigenvalue weighted by Gasteiger charge is 2.26. The van der Waals surface area contributed by atoms with E-state index in [2.05, 4.69) is 10.6 Å². The van der Waals surface area contributed by atoms with E-state index < -0.39 is 0 Å². The van der Waals surface area contributed by atoms with Crippen LogP contribution in [0.15, 0.2) is 18.2 Å². The number of nitrogens with one attached hydrogen (secondary N) is 2. The van der Waals surface area contributed by atoms with Crippen molar-refractivity contribution in [3.05, 3.63) is 23.8 Å². The minimum absolute atomic E-state index is 0.0291. The highest BCUT2D eigenvalue weighted by Crippen LogP contribution is 2.30. The van der Waals surface area contributed by atoms with Crippen LogP contribution in [0.3, 0.4) is 0 Å². The first kappa shape index (κ1) is 15.4. The largest absolute Gasteiger partial charge is 0.462 e. The predicted octanol–water partition coefficient (Wildman–Crippen LogP) is 3.03. The number of amides is 1. The number of carbonyl (C=O) groups is 2. The summed E-state index contributed by atoms with van der Waals surface area (Å²) in [5, 5.41) is 6.11. The first-order chi connectivity index (χ1) is 10.2. The average molecular weight is 290 g/mol. The highest BCUT2D eigenvalue weighted by atomic mass is 16.5. The fourth-order valence-electron chi connectivity index (χ4n) is 2.24. The number of hydrogen-bond acceptors (Lipinski definition) is 4. The van der Waals surface area contributed by atoms with Crippen molar-refractivity contribution in [2.75, 3.05) is 23.8 Å². The molecule has 0 atom stereocenters. The van der Waals surface area contributed by atoms with Crippen molar-refractivity contribution >= 4 is 23.3 Å². The predicted molar refractivity (Wildman–Crippen MR) is 82.5 cm³/mol. The topological polar surface area (TPSA) is 67.4 Å². The van der Waals surface area contributed by atoms with Crippen LogP contribution in [0.25, 0.3) is 0 Å². The van der Waals surface area contributed by atoms with Crippen LogP contribution in [-0.2, 0) is 9.53 Å². The molecule has 5 nitrogen and oxygen atoms in total. The van der Waals surface area contributed by atoms with E-state index in [0.29, 0.717) is 17.9 Å². The van der Waals surface area contributed by atoms with Gasteiger partial charge in [-0.25, -0.2) is 4.79 Å². The number of carbonyl (C=O) groups excluding carboxylic acids is 2. The van der Waals surface area contributed by atoms with Crippen molar-refractivity contribution in [2.24, 2.45) is 5.92 Å². The van der Waals surface area contributed by atoms with Gasteiger partial charge in [-0.05, 0) is 44.9 Å². The Morgan fingerprint density at radius 1 is 1.24 bits per heavy atom. The molecule has 1 fully saturated rings. The number of anilines is 2. The Kier molecular flexibility index (Phi) is 5.20. The summed E-state index contributed by atoms with van der Waals surface area (Å²) in [6.07, 6.45) is 3.00. The van der Waals surface area contributed by atoms with Crippen LogP contribution in [0.2, 0.25) is 0 Å². The lowest BCUT2D eigenvalue weighted by atomic mass is 9.85. The lowest BCUT2D eigenvalue weighted by Gasteiger charge is -2.25. The van der Waals surface area contributed by atoms with E-state index in [0.717, 1.165) is 31.5 Å². The Hall–Kier alpha value is -2.04. The van der Waals surface area contributed by atoms with Crippen LogP contribution in [0, 0.1) is 5.92 Å². The smallest absolute Gasteiger partial charge is 0.338 e. The van der Waals surface area contributed by atoms with Gasteiger partial charge in [0.2, 0.25) is 5.91 Å². The Morgan fingerprint density at radius 2 is 2.00 bits per heavy atom. The van der Waals surface area contributed by atoms with Crippen molar-refractivity contribution in [2.45, 2.75) is 33.1 Å². The number of rotatable bonds is 6. The number of esters is 1. The van der Waals surface area contributed by atoms with Crippen molar-refractivity contribution in [1.29, 1.82) is 0 Å². The maximum Gasteiger partial charge on any atom is 0.338 e. The summed E-state index contributed by atoms with van der Waals surface area (Å²) < 4.78 is 5.00. The van der Waals surface area contributed by atoms with Crippen LogP contribution in [0.4, 0.5) is 11.4 Å². The monoisotopic (exact) mass is 290 g/mol. The Labute approximate surface area is 125 Å². The third-order valence-electron chi connectivity index (χ3n) is 3.63. The normalized spacial score (nSPS) is 14.2. The summed E-state index contributed by atoms with van der Waals surface area (Å²) in [6, 6.07) is 5.17. The molecule has 5 heteroatoms. The summed E-state index contributed by atoms with van der Waals surface area (Å²) >= 11 is 0. The van der Waals surface area contributed by atoms with Gasteiger partial charge in [-0.2, -0.15) is 0 Å². The second-order valence-corrected chi connectivity index (χ2v) is 5.13. The molecule has 1 aromatic carbocycles. The van der Waals surface area contributed by atoms with Crippen LogP contribution in [-0.4, -0.2) is 25.0 Å². The summed E-state index contributed by atoms with van der Waals surface area (Å²) in [4.78, 5) is 23.9. The van der Waals surface area contributed by atoms with Gasteiger partial charge in [0, 0.05) is 12.5 Å². The van der Waals surface area contributed by atoms with Gasteiger partial charge in [0.05, 0.1) is 23.5 Å². The molecule has 0 aromatic heterocycles. The zero-order valence-electron chi connectivity index (χ0n) is 12.6. The van der Waals surface area contributed by atoms with Crippen molar-refractivity contribution in [1.82, 2.24) is 0 Å².